The van der Waals surface area contributed by atoms with Gasteiger partial charge in [-0.25, -0.2) is 4.79 Å². The van der Waals surface area contributed by atoms with Crippen LogP contribution in [0.15, 0.2) is 33.8 Å². The molecule has 0 fully saturated rings. The predicted octanol–water partition coefficient (Wildman–Crippen LogP) is 1.05. The number of rotatable bonds is 2. The van der Waals surface area contributed by atoms with Crippen LogP contribution in [0, 0.1) is 20.6 Å². The minimum absolute atomic E-state index is 0.257. The summed E-state index contributed by atoms with van der Waals surface area (Å²) in [5, 5.41) is 15.4. The second-order valence-electron chi connectivity index (χ2n) is 3.31. The van der Waals surface area contributed by atoms with Gasteiger partial charge in [0.15, 0.2) is 0 Å². The Morgan fingerprint density at radius 1 is 1.53 bits per heavy atom. The van der Waals surface area contributed by atoms with Crippen LogP contribution >= 0.6 is 0 Å². The van der Waals surface area contributed by atoms with Crippen LogP contribution in [-0.2, 0) is 6.54 Å². The average Bonchev–Trinajstić information content (AvgIpc) is 2.68. The second-order valence-corrected chi connectivity index (χ2v) is 3.31. The van der Waals surface area contributed by atoms with Crippen molar-refractivity contribution in [3.63, 3.8) is 0 Å². The summed E-state index contributed by atoms with van der Waals surface area (Å²) in [5.41, 5.74) is 0.257. The van der Waals surface area contributed by atoms with Crippen molar-refractivity contribution in [2.24, 2.45) is 0 Å². The zero-order valence-corrected chi connectivity index (χ0v) is 8.99. The molecule has 0 saturated heterocycles. The number of nitrogens with zero attached hydrogens (tertiary/aromatic N) is 3. The molecular weight excluding hydrogens is 226 g/mol. The molecule has 0 spiro atoms. The van der Waals surface area contributed by atoms with Gasteiger partial charge in [-0.2, -0.15) is 4.68 Å². The van der Waals surface area contributed by atoms with E-state index in [1.54, 1.807) is 12.1 Å². The third-order valence-electron chi connectivity index (χ3n) is 2.36. The number of aromatic nitrogens is 2. The number of aryl methyl sites for hydroxylation is 1. The smallest absolute Gasteiger partial charge is 0.395 e. The van der Waals surface area contributed by atoms with Gasteiger partial charge >= 0.3 is 5.76 Å². The summed E-state index contributed by atoms with van der Waals surface area (Å²) >= 11 is 0. The van der Waals surface area contributed by atoms with E-state index in [-0.39, 0.29) is 10.6 Å². The van der Waals surface area contributed by atoms with Gasteiger partial charge < -0.3 is 4.42 Å². The maximum atomic E-state index is 10.4. The maximum absolute atomic E-state index is 10.4. The zero-order chi connectivity index (χ0) is 12.4. The quantitative estimate of drug-likeness (QED) is 0.489. The van der Waals surface area contributed by atoms with Crippen molar-refractivity contribution < 1.29 is 9.34 Å². The Balaban J connectivity index is 0.000000128. The molecule has 0 saturated carbocycles. The van der Waals surface area contributed by atoms with Gasteiger partial charge in [-0.3, -0.25) is 10.1 Å². The Hall–Kier alpha value is -2.44. The van der Waals surface area contributed by atoms with Crippen LogP contribution in [0.3, 0.4) is 0 Å². The molecule has 7 heteroatoms. The summed E-state index contributed by atoms with van der Waals surface area (Å²) in [6, 6.07) is 5.20. The van der Waals surface area contributed by atoms with Gasteiger partial charge in [0.2, 0.25) is 6.39 Å². The highest BCUT2D eigenvalue weighted by atomic mass is 16.6. The molecule has 17 heavy (non-hydrogen) atoms. The monoisotopic (exact) mass is 235 g/mol. The fraction of sp³-hybridized carbons (Fsp3) is 0.200. The number of nitro benzene ring substituents is 1. The molecule has 0 bridgehead atoms. The number of hydrogen-bond acceptors (Lipinski definition) is 5. The zero-order valence-electron chi connectivity index (χ0n) is 8.99. The summed E-state index contributed by atoms with van der Waals surface area (Å²) in [6.07, 6.45) is 1.13. The van der Waals surface area contributed by atoms with Crippen molar-refractivity contribution in [3.05, 3.63) is 55.7 Å². The Kier molecular flexibility index (Phi) is 2.73. The lowest BCUT2D eigenvalue weighted by Gasteiger charge is -2.01. The molecule has 0 unspecified atom stereocenters. The molecule has 0 radical (unpaired) electrons. The Morgan fingerprint density at radius 3 is 2.47 bits per heavy atom. The van der Waals surface area contributed by atoms with E-state index < -0.39 is 5.76 Å². The summed E-state index contributed by atoms with van der Waals surface area (Å²) in [6.45, 7) is 2.39. The van der Waals surface area contributed by atoms with Crippen molar-refractivity contribution in [1.29, 1.82) is 0 Å². The van der Waals surface area contributed by atoms with Crippen LogP contribution in [0.5, 0.6) is 0 Å². The third kappa shape index (κ3) is 1.94. The Bertz CT molecular complexity index is 701. The largest absolute Gasteiger partial charge is 0.436 e. The number of nitro groups is 1. The normalized spacial score (nSPS) is 10.4. The van der Waals surface area contributed by atoms with Crippen molar-refractivity contribution in [1.82, 2.24) is 9.78 Å². The number of hydrogen-bond donors (Lipinski definition) is 0. The van der Waals surface area contributed by atoms with Crippen molar-refractivity contribution >= 4 is 5.69 Å². The maximum Gasteiger partial charge on any atom is 0.436 e. The highest BCUT2D eigenvalue weighted by Crippen LogP contribution is 2.22. The molecule has 1 aromatic rings. The van der Waals surface area contributed by atoms with Gasteiger partial charge in [0.25, 0.3) is 5.69 Å². The van der Waals surface area contributed by atoms with Gasteiger partial charge in [0.1, 0.15) is 0 Å². The van der Waals surface area contributed by atoms with E-state index >= 15 is 0 Å². The van der Waals surface area contributed by atoms with Crippen LogP contribution in [-0.4, -0.2) is 14.7 Å². The second kappa shape index (κ2) is 4.20. The van der Waals surface area contributed by atoms with Gasteiger partial charge in [-0.1, -0.05) is 6.07 Å². The van der Waals surface area contributed by atoms with Gasteiger partial charge in [-0.15, -0.1) is 5.10 Å². The lowest BCUT2D eigenvalue weighted by atomic mass is 10.1. The van der Waals surface area contributed by atoms with E-state index in [1.165, 1.54) is 4.68 Å². The fourth-order valence-corrected chi connectivity index (χ4v) is 1.36. The van der Waals surface area contributed by atoms with E-state index in [2.05, 4.69) is 9.52 Å². The van der Waals surface area contributed by atoms with Crippen molar-refractivity contribution in [2.45, 2.75) is 13.5 Å². The van der Waals surface area contributed by atoms with Crippen LogP contribution < -0.4 is 5.76 Å². The van der Waals surface area contributed by atoms with Crippen molar-refractivity contribution in [2.75, 3.05) is 0 Å². The van der Waals surface area contributed by atoms with E-state index in [0.29, 0.717) is 6.54 Å². The molecule has 7 nitrogen and oxygen atoms in total. The van der Waals surface area contributed by atoms with Gasteiger partial charge in [0.05, 0.1) is 10.1 Å². The molecule has 1 aromatic heterocycles. The summed E-state index contributed by atoms with van der Waals surface area (Å²) in [4.78, 5) is 20.1. The van der Waals surface area contributed by atoms with Gasteiger partial charge in [0, 0.05) is 12.6 Å². The lowest BCUT2D eigenvalue weighted by molar-refractivity contribution is -0.386. The molecule has 88 valence electrons. The minimum Gasteiger partial charge on any atom is -0.395 e. The average molecular weight is 235 g/mol. The summed E-state index contributed by atoms with van der Waals surface area (Å²) in [7, 11) is 0. The minimum atomic E-state index is -0.396. The first-order valence-corrected chi connectivity index (χ1v) is 4.93. The van der Waals surface area contributed by atoms with Crippen LogP contribution in [0.1, 0.15) is 6.92 Å². The van der Waals surface area contributed by atoms with Crippen LogP contribution in [0.2, 0.25) is 0 Å². The van der Waals surface area contributed by atoms with E-state index in [0.717, 1.165) is 16.8 Å². The van der Waals surface area contributed by atoms with E-state index in [1.807, 2.05) is 13.0 Å². The molecule has 0 aromatic carbocycles. The summed E-state index contributed by atoms with van der Waals surface area (Å²) in [5.74, 6) is -0.396. The predicted molar refractivity (Wildman–Crippen MR) is 57.2 cm³/mol. The molecule has 2 aliphatic carbocycles. The molecule has 3 rings (SSSR count). The number of benzene rings is 1. The first-order valence-electron chi connectivity index (χ1n) is 4.93. The summed E-state index contributed by atoms with van der Waals surface area (Å²) < 4.78 is 5.59. The Morgan fingerprint density at radius 2 is 2.29 bits per heavy atom. The molecule has 0 aliphatic heterocycles. The van der Waals surface area contributed by atoms with Crippen LogP contribution in [0.25, 0.3) is 0 Å². The molecular formula is C10H9N3O4. The van der Waals surface area contributed by atoms with Crippen LogP contribution in [0.4, 0.5) is 5.69 Å². The molecule has 1 heterocycles. The standard InChI is InChI=1S/C6H3NO2.C4H6N2O2/c8-7(9)6-3-4-1-2-5(4)6;1-2-6-4(7)8-3-5-6/h1-3H;3H,2H2,1H3. The highest BCUT2D eigenvalue weighted by molar-refractivity contribution is 5.44. The molecule has 2 aliphatic rings. The van der Waals surface area contributed by atoms with E-state index in [9.17, 15) is 14.9 Å². The topological polar surface area (TPSA) is 91.2 Å². The van der Waals surface area contributed by atoms with E-state index in [4.69, 9.17) is 0 Å². The SMILES string of the molecule is CCn1ncoc1=O.O=[N+]([O-])c1cc2ccc1=2. The first kappa shape index (κ1) is 11.1. The first-order chi connectivity index (χ1) is 8.13. The Labute approximate surface area is 94.8 Å². The lowest BCUT2D eigenvalue weighted by Crippen LogP contribution is -2.13. The van der Waals surface area contributed by atoms with Gasteiger partial charge in [-0.05, 0) is 18.2 Å². The highest BCUT2D eigenvalue weighted by Gasteiger charge is 2.14. The molecule has 0 atom stereocenters. The molecule has 0 amide bonds. The fourth-order valence-electron chi connectivity index (χ4n) is 1.36. The van der Waals surface area contributed by atoms with Crippen molar-refractivity contribution in [3.8, 4) is 0 Å². The molecule has 0 N–H and O–H groups in total. The number of non-ortho nitro benzene ring substituents is 1. The third-order valence-corrected chi connectivity index (χ3v) is 2.36.